The molecule has 1 fully saturated rings. The van der Waals surface area contributed by atoms with Crippen molar-refractivity contribution >= 4 is 28.4 Å². The maximum absolute atomic E-state index is 12.0. The molecule has 2 aromatic rings. The number of benzene rings is 1. The lowest BCUT2D eigenvalue weighted by Crippen LogP contribution is -2.39. The van der Waals surface area contributed by atoms with Crippen LogP contribution in [0, 0.1) is 0 Å². The van der Waals surface area contributed by atoms with Crippen LogP contribution in [0.2, 0.25) is 0 Å². The van der Waals surface area contributed by atoms with Crippen LogP contribution in [0.1, 0.15) is 24.3 Å². The summed E-state index contributed by atoms with van der Waals surface area (Å²) in [5.41, 5.74) is 8.20. The van der Waals surface area contributed by atoms with E-state index in [1.165, 1.54) is 0 Å². The second-order valence-electron chi connectivity index (χ2n) is 4.82. The van der Waals surface area contributed by atoms with Crippen molar-refractivity contribution in [1.29, 1.82) is 0 Å². The van der Waals surface area contributed by atoms with Gasteiger partial charge in [0, 0.05) is 24.5 Å². The standard InChI is InChI=1S/C13H14N4O2/c1-17-12-7(6-15-17)4-8(14)5-10(12)9-2-3-11(18)16-13(9)19/h4-6,9H,2-3,14H2,1H3,(H,16,18,19). The van der Waals surface area contributed by atoms with E-state index >= 15 is 0 Å². The highest BCUT2D eigenvalue weighted by Gasteiger charge is 2.30. The second-order valence-corrected chi connectivity index (χ2v) is 4.82. The van der Waals surface area contributed by atoms with Gasteiger partial charge >= 0.3 is 0 Å². The molecule has 1 aliphatic heterocycles. The molecular formula is C13H14N4O2. The fourth-order valence-electron chi connectivity index (χ4n) is 2.64. The highest BCUT2D eigenvalue weighted by molar-refractivity contribution is 6.03. The third-order valence-corrected chi connectivity index (χ3v) is 3.50. The van der Waals surface area contributed by atoms with Crippen molar-refractivity contribution in [2.75, 3.05) is 5.73 Å². The van der Waals surface area contributed by atoms with E-state index in [1.54, 1.807) is 16.9 Å². The molecule has 1 atom stereocenters. The molecule has 3 N–H and O–H groups in total. The normalized spacial score (nSPS) is 19.7. The van der Waals surface area contributed by atoms with Gasteiger partial charge in [-0.1, -0.05) is 0 Å². The first-order valence-corrected chi connectivity index (χ1v) is 6.11. The topological polar surface area (TPSA) is 90.0 Å². The lowest BCUT2D eigenvalue weighted by Gasteiger charge is -2.22. The highest BCUT2D eigenvalue weighted by atomic mass is 16.2. The molecule has 98 valence electrons. The first-order valence-electron chi connectivity index (χ1n) is 6.11. The summed E-state index contributed by atoms with van der Waals surface area (Å²) >= 11 is 0. The quantitative estimate of drug-likeness (QED) is 0.581. The number of carbonyl (C=O) groups is 2. The Morgan fingerprint density at radius 3 is 2.95 bits per heavy atom. The molecule has 1 saturated heterocycles. The van der Waals surface area contributed by atoms with Gasteiger partial charge in [0.25, 0.3) is 0 Å². The average molecular weight is 258 g/mol. The number of imide groups is 1. The predicted octanol–water partition coefficient (Wildman–Crippen LogP) is 0.676. The van der Waals surface area contributed by atoms with Crippen LogP contribution < -0.4 is 11.1 Å². The Balaban J connectivity index is 2.16. The molecule has 19 heavy (non-hydrogen) atoms. The molecule has 2 amide bonds. The molecule has 0 aliphatic carbocycles. The molecule has 0 saturated carbocycles. The predicted molar refractivity (Wildman–Crippen MR) is 70.3 cm³/mol. The molecule has 1 aliphatic rings. The summed E-state index contributed by atoms with van der Waals surface area (Å²) in [6.45, 7) is 0. The van der Waals surface area contributed by atoms with Crippen LogP contribution in [0.4, 0.5) is 5.69 Å². The summed E-state index contributed by atoms with van der Waals surface area (Å²) in [4.78, 5) is 23.2. The van der Waals surface area contributed by atoms with Crippen LogP contribution in [-0.4, -0.2) is 21.6 Å². The van der Waals surface area contributed by atoms with Crippen molar-refractivity contribution in [1.82, 2.24) is 15.1 Å². The van der Waals surface area contributed by atoms with Crippen LogP contribution in [0.15, 0.2) is 18.3 Å². The molecule has 0 radical (unpaired) electrons. The Labute approximate surface area is 109 Å². The molecule has 1 unspecified atom stereocenters. The van der Waals surface area contributed by atoms with Crippen molar-refractivity contribution < 1.29 is 9.59 Å². The van der Waals surface area contributed by atoms with Gasteiger partial charge in [0.1, 0.15) is 0 Å². The molecule has 6 nitrogen and oxygen atoms in total. The Kier molecular flexibility index (Phi) is 2.51. The smallest absolute Gasteiger partial charge is 0.234 e. The summed E-state index contributed by atoms with van der Waals surface area (Å²) in [5.74, 6) is -0.824. The average Bonchev–Trinajstić information content (AvgIpc) is 2.70. The zero-order valence-electron chi connectivity index (χ0n) is 10.5. The van der Waals surface area contributed by atoms with Crippen molar-refractivity contribution in [2.45, 2.75) is 18.8 Å². The molecule has 0 spiro atoms. The van der Waals surface area contributed by atoms with Gasteiger partial charge in [-0.15, -0.1) is 0 Å². The minimum absolute atomic E-state index is 0.216. The summed E-state index contributed by atoms with van der Waals surface area (Å²) in [7, 11) is 1.83. The first-order chi connectivity index (χ1) is 9.06. The molecular weight excluding hydrogens is 244 g/mol. The fourth-order valence-corrected chi connectivity index (χ4v) is 2.64. The van der Waals surface area contributed by atoms with Gasteiger partial charge < -0.3 is 5.73 Å². The molecule has 2 heterocycles. The van der Waals surface area contributed by atoms with Crippen LogP contribution >= 0.6 is 0 Å². The van der Waals surface area contributed by atoms with Crippen LogP contribution in [0.25, 0.3) is 10.9 Å². The molecule has 1 aromatic heterocycles. The van der Waals surface area contributed by atoms with Gasteiger partial charge in [0.2, 0.25) is 11.8 Å². The van der Waals surface area contributed by atoms with Gasteiger partial charge in [-0.25, -0.2) is 0 Å². The number of nitrogens with two attached hydrogens (primary N) is 1. The van der Waals surface area contributed by atoms with E-state index in [2.05, 4.69) is 10.4 Å². The molecule has 6 heteroatoms. The third-order valence-electron chi connectivity index (χ3n) is 3.50. The maximum atomic E-state index is 12.0. The monoisotopic (exact) mass is 258 g/mol. The number of piperidine rings is 1. The molecule has 1 aromatic carbocycles. The van der Waals surface area contributed by atoms with Crippen molar-refractivity contribution in [2.24, 2.45) is 7.05 Å². The Hall–Kier alpha value is -2.37. The van der Waals surface area contributed by atoms with Gasteiger partial charge in [-0.3, -0.25) is 19.6 Å². The van der Waals surface area contributed by atoms with E-state index in [0.717, 1.165) is 16.5 Å². The number of carbonyl (C=O) groups excluding carboxylic acids is 2. The van der Waals surface area contributed by atoms with Gasteiger partial charge in [0.05, 0.1) is 17.6 Å². The summed E-state index contributed by atoms with van der Waals surface area (Å²) < 4.78 is 1.73. The SMILES string of the molecule is Cn1ncc2cc(N)cc(C3CCC(=O)NC3=O)c21. The van der Waals surface area contributed by atoms with Crippen LogP contribution in [-0.2, 0) is 16.6 Å². The van der Waals surface area contributed by atoms with E-state index < -0.39 is 0 Å². The fraction of sp³-hybridized carbons (Fsp3) is 0.308. The Morgan fingerprint density at radius 2 is 2.21 bits per heavy atom. The van der Waals surface area contributed by atoms with Gasteiger partial charge in [0.15, 0.2) is 0 Å². The van der Waals surface area contributed by atoms with Crippen molar-refractivity contribution in [3.63, 3.8) is 0 Å². The second kappa shape index (κ2) is 4.08. The summed E-state index contributed by atoms with van der Waals surface area (Å²) in [6, 6.07) is 3.63. The number of aromatic nitrogens is 2. The summed E-state index contributed by atoms with van der Waals surface area (Å²) in [6.07, 6.45) is 2.58. The number of hydrogen-bond acceptors (Lipinski definition) is 4. The van der Waals surface area contributed by atoms with E-state index in [1.807, 2.05) is 13.1 Å². The van der Waals surface area contributed by atoms with Crippen molar-refractivity contribution in [3.05, 3.63) is 23.9 Å². The van der Waals surface area contributed by atoms with E-state index in [9.17, 15) is 9.59 Å². The first kappa shape index (κ1) is 11.7. The minimum Gasteiger partial charge on any atom is -0.399 e. The van der Waals surface area contributed by atoms with E-state index in [0.29, 0.717) is 18.5 Å². The highest BCUT2D eigenvalue weighted by Crippen LogP contribution is 2.32. The zero-order chi connectivity index (χ0) is 13.6. The third kappa shape index (κ3) is 1.85. The number of aryl methyl sites for hydroxylation is 1. The Bertz CT molecular complexity index is 689. The lowest BCUT2D eigenvalue weighted by atomic mass is 9.89. The number of nitrogens with zero attached hydrogens (tertiary/aromatic N) is 2. The van der Waals surface area contributed by atoms with Crippen LogP contribution in [0.3, 0.4) is 0 Å². The largest absolute Gasteiger partial charge is 0.399 e. The van der Waals surface area contributed by atoms with Crippen LogP contribution in [0.5, 0.6) is 0 Å². The number of rotatable bonds is 1. The number of fused-ring (bicyclic) bond motifs is 1. The van der Waals surface area contributed by atoms with E-state index in [4.69, 9.17) is 5.73 Å². The minimum atomic E-state index is -0.348. The van der Waals surface area contributed by atoms with Gasteiger partial charge in [-0.05, 0) is 24.1 Å². The Morgan fingerprint density at radius 1 is 1.42 bits per heavy atom. The maximum Gasteiger partial charge on any atom is 0.234 e. The zero-order valence-corrected chi connectivity index (χ0v) is 10.5. The van der Waals surface area contributed by atoms with E-state index in [-0.39, 0.29) is 17.7 Å². The molecule has 0 bridgehead atoms. The number of nitrogens with one attached hydrogen (secondary N) is 1. The lowest BCUT2D eigenvalue weighted by molar-refractivity contribution is -0.134. The number of nitrogen functional groups attached to an aromatic ring is 1. The van der Waals surface area contributed by atoms with Crippen molar-refractivity contribution in [3.8, 4) is 0 Å². The number of hydrogen-bond donors (Lipinski definition) is 2. The summed E-state index contributed by atoms with van der Waals surface area (Å²) in [5, 5.41) is 7.47. The number of amides is 2. The number of anilines is 1. The molecule has 3 rings (SSSR count). The van der Waals surface area contributed by atoms with Gasteiger partial charge in [-0.2, -0.15) is 5.10 Å².